The van der Waals surface area contributed by atoms with Gasteiger partial charge in [0.15, 0.2) is 5.13 Å². The van der Waals surface area contributed by atoms with Gasteiger partial charge in [-0.25, -0.2) is 9.78 Å². The summed E-state index contributed by atoms with van der Waals surface area (Å²) in [6.45, 7) is 4.37. The molecule has 3 aliphatic rings. The number of nitrogens with two attached hydrogens (primary N) is 1. The van der Waals surface area contributed by atoms with Crippen LogP contribution in [0.1, 0.15) is 65.0 Å². The lowest BCUT2D eigenvalue weighted by atomic mass is 9.89. The van der Waals surface area contributed by atoms with Crippen LogP contribution < -0.4 is 11.1 Å². The molecule has 1 aliphatic carbocycles. The molecule has 2 amide bonds. The van der Waals surface area contributed by atoms with Crippen LogP contribution >= 0.6 is 23.1 Å². The molecule has 0 aromatic carbocycles. The van der Waals surface area contributed by atoms with Crippen LogP contribution in [0, 0.1) is 11.8 Å². The van der Waals surface area contributed by atoms with Crippen LogP contribution in [-0.2, 0) is 49.4 Å². The second kappa shape index (κ2) is 14.3. The van der Waals surface area contributed by atoms with E-state index in [-0.39, 0.29) is 42.1 Å². The summed E-state index contributed by atoms with van der Waals surface area (Å²) in [7, 11) is 0. The number of carbonyl (C=O) groups excluding carboxylic acids is 6. The van der Waals surface area contributed by atoms with Crippen molar-refractivity contribution in [2.45, 2.75) is 83.4 Å². The maximum Gasteiger partial charge on any atom is 0.358 e. The smallest absolute Gasteiger partial charge is 0.358 e. The van der Waals surface area contributed by atoms with Crippen LogP contribution in [0.2, 0.25) is 0 Å². The number of thiazole rings is 1. The van der Waals surface area contributed by atoms with Gasteiger partial charge in [-0.1, -0.05) is 33.1 Å². The van der Waals surface area contributed by atoms with Gasteiger partial charge in [-0.3, -0.25) is 28.9 Å². The average molecular weight is 637 g/mol. The van der Waals surface area contributed by atoms with Gasteiger partial charge in [0.25, 0.3) is 5.91 Å². The number of fused-ring (bicyclic) bond motifs is 1. The minimum atomic E-state index is -1.21. The third-order valence-corrected chi connectivity index (χ3v) is 9.27. The molecule has 3 heterocycles. The maximum atomic E-state index is 13.6. The van der Waals surface area contributed by atoms with Crippen molar-refractivity contribution in [3.63, 3.8) is 0 Å². The van der Waals surface area contributed by atoms with E-state index in [1.165, 1.54) is 34.9 Å². The van der Waals surface area contributed by atoms with Gasteiger partial charge in [-0.05, 0) is 19.8 Å². The van der Waals surface area contributed by atoms with Crippen LogP contribution in [0.4, 0.5) is 5.13 Å². The van der Waals surface area contributed by atoms with Crippen LogP contribution in [0.15, 0.2) is 16.7 Å². The number of ether oxygens (including phenoxy) is 3. The monoisotopic (exact) mass is 636 g/mol. The molecule has 0 radical (unpaired) electrons. The van der Waals surface area contributed by atoms with Gasteiger partial charge >= 0.3 is 17.9 Å². The SMILES string of the molecule is CC(=O)CC(=O)OCC1=C(C(=O)OC(OC(=O)C2CCCCC2)C(C)C)N2C(=O)[C@@H](NC(=O)Cc3csc(N)n3)[C@@H]2SC1. The van der Waals surface area contributed by atoms with Crippen LogP contribution in [0.5, 0.6) is 0 Å². The van der Waals surface area contributed by atoms with Gasteiger partial charge in [0.05, 0.1) is 18.0 Å². The number of carbonyl (C=O) groups is 6. The summed E-state index contributed by atoms with van der Waals surface area (Å²) in [4.78, 5) is 81.1. The summed E-state index contributed by atoms with van der Waals surface area (Å²) in [5, 5.41) is 4.05. The maximum absolute atomic E-state index is 13.6. The number of ketones is 1. The van der Waals surface area contributed by atoms with Crippen LogP contribution in [0.25, 0.3) is 0 Å². The predicted molar refractivity (Wildman–Crippen MR) is 156 cm³/mol. The first-order chi connectivity index (χ1) is 20.4. The van der Waals surface area contributed by atoms with Gasteiger partial charge in [-0.15, -0.1) is 23.1 Å². The van der Waals surface area contributed by atoms with E-state index in [9.17, 15) is 28.8 Å². The molecule has 2 fully saturated rings. The number of nitrogens with zero attached hydrogens (tertiary/aromatic N) is 2. The lowest BCUT2D eigenvalue weighted by molar-refractivity contribution is -0.198. The normalized spacial score (nSPS) is 21.0. The zero-order valence-electron chi connectivity index (χ0n) is 24.3. The van der Waals surface area contributed by atoms with Gasteiger partial charge in [-0.2, -0.15) is 0 Å². The van der Waals surface area contributed by atoms with Gasteiger partial charge < -0.3 is 25.3 Å². The number of amides is 2. The van der Waals surface area contributed by atoms with E-state index in [1.807, 2.05) is 0 Å². The number of thioether (sulfide) groups is 1. The Kier molecular flexibility index (Phi) is 10.8. The Morgan fingerprint density at radius 3 is 2.49 bits per heavy atom. The Balaban J connectivity index is 1.50. The number of rotatable bonds is 12. The molecule has 1 saturated carbocycles. The molecule has 234 valence electrons. The number of Topliss-reactive ketones (excluding diaryl/α,β-unsaturated/α-hetero) is 1. The summed E-state index contributed by atoms with van der Waals surface area (Å²) in [5.74, 6) is -3.97. The predicted octanol–water partition coefficient (Wildman–Crippen LogP) is 2.09. The zero-order chi connectivity index (χ0) is 31.3. The highest BCUT2D eigenvalue weighted by Gasteiger charge is 2.55. The molecule has 0 spiro atoms. The van der Waals surface area contributed by atoms with E-state index >= 15 is 0 Å². The van der Waals surface area contributed by atoms with E-state index < -0.39 is 53.8 Å². The lowest BCUT2D eigenvalue weighted by Gasteiger charge is -2.49. The number of esters is 3. The topological polar surface area (TPSA) is 184 Å². The first kappa shape index (κ1) is 32.5. The fourth-order valence-electron chi connectivity index (χ4n) is 5.00. The summed E-state index contributed by atoms with van der Waals surface area (Å²) in [5.41, 5.74) is 6.26. The number of anilines is 1. The number of nitrogen functional groups attached to an aromatic ring is 1. The Labute approximate surface area is 257 Å². The molecule has 13 nitrogen and oxygen atoms in total. The highest BCUT2D eigenvalue weighted by atomic mass is 32.2. The number of nitrogens with one attached hydrogen (secondary N) is 1. The summed E-state index contributed by atoms with van der Waals surface area (Å²) < 4.78 is 16.5. The van der Waals surface area contributed by atoms with Crippen LogP contribution in [-0.4, -0.2) is 75.5 Å². The van der Waals surface area contributed by atoms with Crippen molar-refractivity contribution in [2.24, 2.45) is 11.8 Å². The largest absolute Gasteiger partial charge is 0.461 e. The molecule has 1 aromatic rings. The Morgan fingerprint density at radius 1 is 1.14 bits per heavy atom. The molecule has 4 rings (SSSR count). The molecule has 1 unspecified atom stereocenters. The van der Waals surface area contributed by atoms with Gasteiger partial charge in [0.2, 0.25) is 12.2 Å². The highest BCUT2D eigenvalue weighted by Crippen LogP contribution is 2.41. The van der Waals surface area contributed by atoms with Crippen molar-refractivity contribution in [3.8, 4) is 0 Å². The average Bonchev–Trinajstić information content (AvgIpc) is 3.37. The summed E-state index contributed by atoms with van der Waals surface area (Å²) in [6.07, 6.45) is 2.62. The quantitative estimate of drug-likeness (QED) is 0.148. The molecule has 3 atom stereocenters. The van der Waals surface area contributed by atoms with Gasteiger partial charge in [0.1, 0.15) is 35.9 Å². The van der Waals surface area contributed by atoms with Crippen LogP contribution in [0.3, 0.4) is 0 Å². The Morgan fingerprint density at radius 2 is 1.86 bits per heavy atom. The molecular weight excluding hydrogens is 600 g/mol. The molecule has 2 aliphatic heterocycles. The number of hydrogen-bond donors (Lipinski definition) is 2. The van der Waals surface area contributed by atoms with Crippen molar-refractivity contribution in [1.82, 2.24) is 15.2 Å². The van der Waals surface area contributed by atoms with Crippen molar-refractivity contribution >= 4 is 63.7 Å². The lowest BCUT2D eigenvalue weighted by Crippen LogP contribution is -2.70. The Hall–Kier alpha value is -3.46. The molecule has 3 N–H and O–H groups in total. The second-order valence-corrected chi connectivity index (χ2v) is 13.1. The third-order valence-electron chi connectivity index (χ3n) is 7.21. The Bertz CT molecular complexity index is 1300. The van der Waals surface area contributed by atoms with Crippen molar-refractivity contribution in [3.05, 3.63) is 22.3 Å². The first-order valence-electron chi connectivity index (χ1n) is 14.2. The highest BCUT2D eigenvalue weighted by molar-refractivity contribution is 8.00. The molecular formula is C28H36N4O9S2. The third kappa shape index (κ3) is 8.13. The summed E-state index contributed by atoms with van der Waals surface area (Å²) in [6, 6.07) is -0.914. The molecule has 43 heavy (non-hydrogen) atoms. The standard InChI is InChI=1S/C28H36N4O9S2/c1-14(2)27(40-25(37)16-7-5-4-6-8-16)41-26(38)22-17(11-39-20(35)9-15(3)33)12-42-24-21(23(36)32(22)24)31-19(34)10-18-13-43-28(29)30-18/h13-14,16,21,24,27H,4-12H2,1-3H3,(H2,29,30)(H,31,34)/t21-,24+,27?/m1/s1. The van der Waals surface area contributed by atoms with Gasteiger partial charge in [0, 0.05) is 22.6 Å². The molecule has 1 saturated heterocycles. The molecule has 0 bridgehead atoms. The van der Waals surface area contributed by atoms with E-state index in [4.69, 9.17) is 19.9 Å². The van der Waals surface area contributed by atoms with Crippen molar-refractivity contribution in [2.75, 3.05) is 18.1 Å². The fraction of sp³-hybridized carbons (Fsp3) is 0.607. The fourth-order valence-corrected chi connectivity index (χ4v) is 6.89. The van der Waals surface area contributed by atoms with Crippen molar-refractivity contribution in [1.29, 1.82) is 0 Å². The number of aromatic nitrogens is 1. The van der Waals surface area contributed by atoms with Crippen molar-refractivity contribution < 1.29 is 43.0 Å². The van der Waals surface area contributed by atoms with E-state index in [2.05, 4.69) is 10.3 Å². The molecule has 15 heteroatoms. The number of β-lactam (4-membered cyclic amide) rings is 1. The van der Waals surface area contributed by atoms with E-state index in [0.29, 0.717) is 29.2 Å². The number of hydrogen-bond acceptors (Lipinski definition) is 13. The molecule has 1 aromatic heterocycles. The zero-order valence-corrected chi connectivity index (χ0v) is 25.9. The minimum absolute atomic E-state index is 0.0701. The van der Waals surface area contributed by atoms with E-state index in [1.54, 1.807) is 19.2 Å². The minimum Gasteiger partial charge on any atom is -0.461 e. The first-order valence-corrected chi connectivity index (χ1v) is 16.1. The second-order valence-electron chi connectivity index (χ2n) is 11.1. The van der Waals surface area contributed by atoms with E-state index in [0.717, 1.165) is 19.3 Å². The summed E-state index contributed by atoms with van der Waals surface area (Å²) >= 11 is 2.47.